The minimum absolute atomic E-state index is 0.530. The third-order valence-electron chi connectivity index (χ3n) is 4.16. The third-order valence-corrected chi connectivity index (χ3v) is 4.16. The van der Waals surface area contributed by atoms with Crippen LogP contribution in [0.15, 0.2) is 48.7 Å². The minimum atomic E-state index is -4.38. The van der Waals surface area contributed by atoms with Crippen LogP contribution in [0.2, 0.25) is 0 Å². The van der Waals surface area contributed by atoms with Gasteiger partial charge in [0.05, 0.1) is 11.1 Å². The van der Waals surface area contributed by atoms with Crippen LogP contribution in [0.1, 0.15) is 15.9 Å². The summed E-state index contributed by atoms with van der Waals surface area (Å²) in [6.07, 6.45) is -1.79. The van der Waals surface area contributed by atoms with Gasteiger partial charge in [-0.2, -0.15) is 18.3 Å². The van der Waals surface area contributed by atoms with E-state index < -0.39 is 11.7 Å². The smallest absolute Gasteiger partial charge is 0.298 e. The summed E-state index contributed by atoms with van der Waals surface area (Å²) >= 11 is 0. The van der Waals surface area contributed by atoms with E-state index >= 15 is 0 Å². The van der Waals surface area contributed by atoms with Crippen molar-refractivity contribution in [2.45, 2.75) is 6.18 Å². The van der Waals surface area contributed by atoms with Gasteiger partial charge >= 0.3 is 6.18 Å². The zero-order valence-corrected chi connectivity index (χ0v) is 13.1. The second kappa shape index (κ2) is 5.20. The van der Waals surface area contributed by atoms with Gasteiger partial charge in [-0.15, -0.1) is 0 Å². The molecule has 7 heteroatoms. The lowest BCUT2D eigenvalue weighted by molar-refractivity contribution is -0.137. The van der Waals surface area contributed by atoms with E-state index in [0.717, 1.165) is 34.7 Å². The van der Waals surface area contributed by atoms with Gasteiger partial charge in [-0.05, 0) is 42.5 Å². The Hall–Kier alpha value is -3.09. The molecule has 4 rings (SSSR count). The molecule has 0 radical (unpaired) electrons. The number of hydrogen-bond donors (Lipinski definition) is 0. The zero-order valence-electron chi connectivity index (χ0n) is 13.1. The van der Waals surface area contributed by atoms with Crippen molar-refractivity contribution in [1.29, 1.82) is 0 Å². The molecule has 4 nitrogen and oxygen atoms in total. The van der Waals surface area contributed by atoms with E-state index in [9.17, 15) is 18.0 Å². The first-order chi connectivity index (χ1) is 11.9. The predicted octanol–water partition coefficient (Wildman–Crippen LogP) is 4.35. The first-order valence-electron chi connectivity index (χ1n) is 7.49. The second-order valence-corrected chi connectivity index (χ2v) is 5.81. The van der Waals surface area contributed by atoms with Crippen LogP contribution in [0.3, 0.4) is 0 Å². The lowest BCUT2D eigenvalue weighted by atomic mass is 10.1. The monoisotopic (exact) mass is 343 g/mol. The Kier molecular flexibility index (Phi) is 3.21. The Morgan fingerprint density at radius 1 is 1.04 bits per heavy atom. The first-order valence-corrected chi connectivity index (χ1v) is 7.49. The Labute approximate surface area is 140 Å². The molecule has 0 unspecified atom stereocenters. The van der Waals surface area contributed by atoms with Crippen molar-refractivity contribution < 1.29 is 18.0 Å². The molecule has 0 fully saturated rings. The van der Waals surface area contributed by atoms with E-state index in [4.69, 9.17) is 0 Å². The van der Waals surface area contributed by atoms with Crippen LogP contribution in [-0.4, -0.2) is 20.6 Å². The van der Waals surface area contributed by atoms with Crippen LogP contribution in [0.5, 0.6) is 0 Å². The number of rotatable bonds is 2. The van der Waals surface area contributed by atoms with Gasteiger partial charge in [0.1, 0.15) is 6.29 Å². The number of benzene rings is 2. The maximum atomic E-state index is 12.8. The summed E-state index contributed by atoms with van der Waals surface area (Å²) in [6.45, 7) is 0. The van der Waals surface area contributed by atoms with Gasteiger partial charge < -0.3 is 0 Å². The van der Waals surface area contributed by atoms with Crippen LogP contribution in [0, 0.1) is 0 Å². The number of aromatic nitrogens is 3. The number of nitrogens with zero attached hydrogens (tertiary/aromatic N) is 3. The average Bonchev–Trinajstić information content (AvgIpc) is 3.08. The van der Waals surface area contributed by atoms with Crippen molar-refractivity contribution in [1.82, 2.24) is 14.3 Å². The van der Waals surface area contributed by atoms with Crippen LogP contribution in [0.25, 0.3) is 27.6 Å². The summed E-state index contributed by atoms with van der Waals surface area (Å²) < 4.78 is 41.8. The van der Waals surface area contributed by atoms with Crippen LogP contribution in [-0.2, 0) is 13.2 Å². The van der Waals surface area contributed by atoms with Gasteiger partial charge in [-0.25, -0.2) is 0 Å². The van der Waals surface area contributed by atoms with Gasteiger partial charge in [0.2, 0.25) is 0 Å². The molecule has 2 heterocycles. The fourth-order valence-electron chi connectivity index (χ4n) is 3.04. The maximum absolute atomic E-state index is 12.8. The first kappa shape index (κ1) is 15.4. The Morgan fingerprint density at radius 3 is 2.40 bits per heavy atom. The topological polar surface area (TPSA) is 39.8 Å². The highest BCUT2D eigenvalue weighted by molar-refractivity contribution is 6.09. The summed E-state index contributed by atoms with van der Waals surface area (Å²) in [4.78, 5) is 11.1. The second-order valence-electron chi connectivity index (χ2n) is 5.81. The fourth-order valence-corrected chi connectivity index (χ4v) is 3.04. The molecule has 25 heavy (non-hydrogen) atoms. The Balaban J connectivity index is 2.00. The molecule has 2 aromatic heterocycles. The van der Waals surface area contributed by atoms with E-state index in [2.05, 4.69) is 5.10 Å². The van der Waals surface area contributed by atoms with E-state index in [1.54, 1.807) is 34.5 Å². The number of aldehydes is 1. The van der Waals surface area contributed by atoms with Gasteiger partial charge in [0.15, 0.2) is 5.65 Å². The van der Waals surface area contributed by atoms with E-state index in [0.29, 0.717) is 16.9 Å². The number of fused-ring (bicyclic) bond motifs is 3. The van der Waals surface area contributed by atoms with Crippen LogP contribution >= 0.6 is 0 Å². The summed E-state index contributed by atoms with van der Waals surface area (Å²) in [5, 5.41) is 6.08. The Bertz CT molecular complexity index is 1100. The molecular weight excluding hydrogens is 331 g/mol. The molecule has 0 saturated heterocycles. The predicted molar refractivity (Wildman–Crippen MR) is 87.9 cm³/mol. The summed E-state index contributed by atoms with van der Waals surface area (Å²) in [5.41, 5.74) is 1.81. The number of hydrogen-bond acceptors (Lipinski definition) is 2. The van der Waals surface area contributed by atoms with Crippen molar-refractivity contribution >= 4 is 28.2 Å². The lowest BCUT2D eigenvalue weighted by Crippen LogP contribution is -2.05. The van der Waals surface area contributed by atoms with Crippen LogP contribution < -0.4 is 0 Å². The molecule has 0 aliphatic carbocycles. The Morgan fingerprint density at radius 2 is 1.76 bits per heavy atom. The largest absolute Gasteiger partial charge is 0.416 e. The number of carbonyl (C=O) groups is 1. The quantitative estimate of drug-likeness (QED) is 0.508. The number of halogens is 3. The molecule has 2 aromatic carbocycles. The van der Waals surface area contributed by atoms with E-state index in [1.807, 2.05) is 6.20 Å². The molecule has 0 saturated carbocycles. The summed E-state index contributed by atoms with van der Waals surface area (Å²) in [7, 11) is 1.77. The average molecular weight is 343 g/mol. The minimum Gasteiger partial charge on any atom is -0.298 e. The van der Waals surface area contributed by atoms with Crippen molar-refractivity contribution in [3.05, 3.63) is 59.8 Å². The molecule has 0 atom stereocenters. The van der Waals surface area contributed by atoms with E-state index in [1.165, 1.54) is 12.1 Å². The highest BCUT2D eigenvalue weighted by atomic mass is 19.4. The summed E-state index contributed by atoms with van der Waals surface area (Å²) in [5.74, 6) is 0. The van der Waals surface area contributed by atoms with Gasteiger partial charge in [-0.3, -0.25) is 14.0 Å². The zero-order chi connectivity index (χ0) is 17.8. The van der Waals surface area contributed by atoms with Crippen LogP contribution in [0.4, 0.5) is 13.2 Å². The molecule has 0 aliphatic rings. The lowest BCUT2D eigenvalue weighted by Gasteiger charge is -2.10. The molecule has 0 N–H and O–H groups in total. The summed E-state index contributed by atoms with van der Waals surface area (Å²) in [6, 6.07) is 10.2. The van der Waals surface area contributed by atoms with E-state index in [-0.39, 0.29) is 0 Å². The SMILES string of the molecule is Cn1cc2c3cc(C=O)ccc3n(-c3ccc(C(F)(F)F)cc3)c2n1. The van der Waals surface area contributed by atoms with Crippen molar-refractivity contribution in [2.75, 3.05) is 0 Å². The molecule has 126 valence electrons. The molecule has 0 aliphatic heterocycles. The molecule has 0 amide bonds. The van der Waals surface area contributed by atoms with Gasteiger partial charge in [-0.1, -0.05) is 0 Å². The molecule has 0 bridgehead atoms. The highest BCUT2D eigenvalue weighted by Gasteiger charge is 2.30. The number of carbonyl (C=O) groups excluding carboxylic acids is 1. The van der Waals surface area contributed by atoms with Crippen molar-refractivity contribution in [3.63, 3.8) is 0 Å². The maximum Gasteiger partial charge on any atom is 0.416 e. The molecule has 0 spiro atoms. The van der Waals surface area contributed by atoms with Crippen molar-refractivity contribution in [3.8, 4) is 5.69 Å². The molecule has 4 aromatic rings. The molecular formula is C18H12F3N3O. The number of alkyl halides is 3. The third kappa shape index (κ3) is 2.39. The highest BCUT2D eigenvalue weighted by Crippen LogP contribution is 2.33. The van der Waals surface area contributed by atoms with Gasteiger partial charge in [0.25, 0.3) is 0 Å². The number of aryl methyl sites for hydroxylation is 1. The standard InChI is InChI=1S/C18H12F3N3O/c1-23-9-15-14-8-11(10-25)2-7-16(14)24(17(15)22-23)13-5-3-12(4-6-13)18(19,20)21/h2-10H,1H3. The van der Waals surface area contributed by atoms with Gasteiger partial charge in [0, 0.05) is 35.3 Å². The fraction of sp³-hybridized carbons (Fsp3) is 0.111. The van der Waals surface area contributed by atoms with Crippen molar-refractivity contribution in [2.24, 2.45) is 7.05 Å². The normalized spacial score (nSPS) is 12.2.